The average Bonchev–Trinajstić information content (AvgIpc) is 2.89. The number of aliphatic hydroxyl groups excluding tert-OH is 1. The third-order valence-electron chi connectivity index (χ3n) is 3.55. The first kappa shape index (κ1) is 15.3. The van der Waals surface area contributed by atoms with E-state index in [0.29, 0.717) is 13.0 Å². The van der Waals surface area contributed by atoms with Gasteiger partial charge in [-0.15, -0.1) is 0 Å². The van der Waals surface area contributed by atoms with Crippen LogP contribution in [0.3, 0.4) is 0 Å². The van der Waals surface area contributed by atoms with E-state index < -0.39 is 16.1 Å². The highest BCUT2D eigenvalue weighted by Gasteiger charge is 2.35. The van der Waals surface area contributed by atoms with Gasteiger partial charge in [0.15, 0.2) is 0 Å². The number of hydrogen-bond acceptors (Lipinski definition) is 4. The van der Waals surface area contributed by atoms with Crippen molar-refractivity contribution in [2.45, 2.75) is 24.3 Å². The van der Waals surface area contributed by atoms with Gasteiger partial charge in [0.1, 0.15) is 11.0 Å². The highest BCUT2D eigenvalue weighted by atomic mass is 35.5. The number of hydrogen-bond donors (Lipinski definition) is 1. The monoisotopic (exact) mass is 314 g/mol. The normalized spacial score (nSPS) is 21.6. The summed E-state index contributed by atoms with van der Waals surface area (Å²) < 4.78 is 26.4. The molecule has 1 N–H and O–H groups in total. The Labute approximate surface area is 123 Å². The minimum Gasteiger partial charge on any atom is -0.393 e. The number of nitrogens with zero attached hydrogens (tertiary/aromatic N) is 2. The van der Waals surface area contributed by atoms with E-state index in [-0.39, 0.29) is 27.9 Å². The van der Waals surface area contributed by atoms with Crippen LogP contribution in [0.25, 0.3) is 0 Å². The first-order chi connectivity index (χ1) is 9.36. The van der Waals surface area contributed by atoms with Gasteiger partial charge in [-0.3, -0.25) is 0 Å². The van der Waals surface area contributed by atoms with E-state index in [1.54, 1.807) is 6.92 Å². The van der Waals surface area contributed by atoms with Gasteiger partial charge in [-0.05, 0) is 37.5 Å². The Morgan fingerprint density at radius 2 is 2.25 bits per heavy atom. The fourth-order valence-corrected chi connectivity index (χ4v) is 4.22. The second-order valence-electron chi connectivity index (χ2n) is 4.90. The maximum absolute atomic E-state index is 12.6. The van der Waals surface area contributed by atoms with Gasteiger partial charge < -0.3 is 5.11 Å². The van der Waals surface area contributed by atoms with E-state index in [1.807, 2.05) is 6.07 Å². The van der Waals surface area contributed by atoms with Gasteiger partial charge >= 0.3 is 0 Å². The first-order valence-electron chi connectivity index (χ1n) is 6.24. The number of aliphatic hydroxyl groups is 1. The lowest BCUT2D eigenvalue weighted by molar-refractivity contribution is 0.133. The van der Waals surface area contributed by atoms with Crippen molar-refractivity contribution in [2.75, 3.05) is 13.1 Å². The Morgan fingerprint density at radius 1 is 1.55 bits per heavy atom. The summed E-state index contributed by atoms with van der Waals surface area (Å²) in [7, 11) is -3.76. The molecule has 2 atom stereocenters. The van der Waals surface area contributed by atoms with Gasteiger partial charge in [0.05, 0.1) is 11.7 Å². The highest BCUT2D eigenvalue weighted by molar-refractivity contribution is 7.89. The average molecular weight is 315 g/mol. The van der Waals surface area contributed by atoms with Crippen molar-refractivity contribution in [3.63, 3.8) is 0 Å². The molecule has 1 heterocycles. The predicted octanol–water partition coefficient (Wildman–Crippen LogP) is 1.60. The number of sulfonamides is 1. The van der Waals surface area contributed by atoms with E-state index in [0.717, 1.165) is 0 Å². The molecule has 1 saturated heterocycles. The molecule has 0 saturated carbocycles. The molecular weight excluding hydrogens is 300 g/mol. The summed E-state index contributed by atoms with van der Waals surface area (Å²) in [4.78, 5) is -0.0706. The van der Waals surface area contributed by atoms with Crippen LogP contribution in [0.1, 0.15) is 18.9 Å². The Kier molecular flexibility index (Phi) is 4.35. The maximum Gasteiger partial charge on any atom is 0.244 e. The zero-order chi connectivity index (χ0) is 14.9. The fourth-order valence-electron chi connectivity index (χ4n) is 2.31. The Morgan fingerprint density at radius 3 is 2.80 bits per heavy atom. The lowest BCUT2D eigenvalue weighted by Crippen LogP contribution is -2.31. The van der Waals surface area contributed by atoms with Crippen molar-refractivity contribution in [1.29, 1.82) is 5.26 Å². The quantitative estimate of drug-likeness (QED) is 0.919. The van der Waals surface area contributed by atoms with E-state index in [1.165, 1.54) is 22.5 Å². The molecule has 1 aromatic carbocycles. The molecule has 0 aliphatic carbocycles. The lowest BCUT2D eigenvalue weighted by atomic mass is 10.0. The topological polar surface area (TPSA) is 81.4 Å². The minimum atomic E-state index is -3.76. The molecule has 108 valence electrons. The molecule has 1 aliphatic heterocycles. The molecule has 2 unspecified atom stereocenters. The van der Waals surface area contributed by atoms with Crippen molar-refractivity contribution in [1.82, 2.24) is 4.31 Å². The highest BCUT2D eigenvalue weighted by Crippen LogP contribution is 2.29. The zero-order valence-electron chi connectivity index (χ0n) is 11.0. The molecule has 0 spiro atoms. The summed E-state index contributed by atoms with van der Waals surface area (Å²) in [5.74, 6) is -0.0745. The van der Waals surface area contributed by atoms with Crippen LogP contribution in [0.15, 0.2) is 23.1 Å². The summed E-state index contributed by atoms with van der Waals surface area (Å²) in [6.07, 6.45) is 0.0595. The van der Waals surface area contributed by atoms with Crippen molar-refractivity contribution >= 4 is 21.6 Å². The number of benzene rings is 1. The van der Waals surface area contributed by atoms with Crippen molar-refractivity contribution in [3.05, 3.63) is 28.8 Å². The third kappa shape index (κ3) is 2.81. The van der Waals surface area contributed by atoms with Gasteiger partial charge in [0.25, 0.3) is 0 Å². The smallest absolute Gasteiger partial charge is 0.244 e. The first-order valence-corrected chi connectivity index (χ1v) is 8.06. The number of halogens is 1. The Hall–Kier alpha value is -1.13. The second-order valence-corrected chi connectivity index (χ2v) is 7.25. The summed E-state index contributed by atoms with van der Waals surface area (Å²) in [6, 6.07) is 6.06. The zero-order valence-corrected chi connectivity index (χ0v) is 12.5. The van der Waals surface area contributed by atoms with E-state index in [4.69, 9.17) is 16.9 Å². The Balaban J connectivity index is 2.37. The molecule has 0 radical (unpaired) electrons. The molecule has 0 amide bonds. The van der Waals surface area contributed by atoms with Crippen LogP contribution < -0.4 is 0 Å². The van der Waals surface area contributed by atoms with E-state index >= 15 is 0 Å². The van der Waals surface area contributed by atoms with Crippen LogP contribution in [0, 0.1) is 17.2 Å². The molecule has 20 heavy (non-hydrogen) atoms. The third-order valence-corrected chi connectivity index (χ3v) is 5.69. The number of nitriles is 1. The van der Waals surface area contributed by atoms with Crippen LogP contribution in [0.4, 0.5) is 0 Å². The van der Waals surface area contributed by atoms with E-state index in [2.05, 4.69) is 0 Å². The molecule has 0 bridgehead atoms. The van der Waals surface area contributed by atoms with Crippen LogP contribution in [0.2, 0.25) is 5.02 Å². The van der Waals surface area contributed by atoms with Gasteiger partial charge in [0.2, 0.25) is 10.0 Å². The van der Waals surface area contributed by atoms with E-state index in [9.17, 15) is 13.5 Å². The second kappa shape index (κ2) is 5.70. The molecule has 1 fully saturated rings. The summed E-state index contributed by atoms with van der Waals surface area (Å²) in [5.41, 5.74) is 0.0786. The summed E-state index contributed by atoms with van der Waals surface area (Å²) in [5, 5.41) is 18.9. The van der Waals surface area contributed by atoms with Crippen LogP contribution >= 0.6 is 11.6 Å². The van der Waals surface area contributed by atoms with Gasteiger partial charge in [-0.1, -0.05) is 11.6 Å². The fraction of sp³-hybridized carbons (Fsp3) is 0.462. The van der Waals surface area contributed by atoms with Gasteiger partial charge in [0, 0.05) is 18.1 Å². The van der Waals surface area contributed by atoms with Crippen LogP contribution in [0.5, 0.6) is 0 Å². The molecule has 1 aromatic rings. The minimum absolute atomic E-state index is 0.0706. The van der Waals surface area contributed by atoms with Gasteiger partial charge in [-0.2, -0.15) is 9.57 Å². The predicted molar refractivity (Wildman–Crippen MR) is 74.7 cm³/mol. The lowest BCUT2D eigenvalue weighted by Gasteiger charge is -2.18. The van der Waals surface area contributed by atoms with Crippen molar-refractivity contribution < 1.29 is 13.5 Å². The molecule has 7 heteroatoms. The summed E-state index contributed by atoms with van der Waals surface area (Å²) >= 11 is 5.83. The standard InChI is InChI=1S/C13H15ClN2O3S/c1-9(17)11-4-5-16(8-11)20(18,19)13-6-12(14)3-2-10(13)7-15/h2-3,6,9,11,17H,4-5,8H2,1H3. The molecule has 1 aliphatic rings. The molecule has 0 aromatic heterocycles. The molecular formula is C13H15ClN2O3S. The molecule has 2 rings (SSSR count). The number of rotatable bonds is 3. The summed E-state index contributed by atoms with van der Waals surface area (Å²) in [6.45, 7) is 2.26. The maximum atomic E-state index is 12.6. The molecule has 5 nitrogen and oxygen atoms in total. The van der Waals surface area contributed by atoms with Crippen molar-refractivity contribution in [2.24, 2.45) is 5.92 Å². The SMILES string of the molecule is CC(O)C1CCN(S(=O)(=O)c2cc(Cl)ccc2C#N)C1. The Bertz CT molecular complexity index is 652. The van der Waals surface area contributed by atoms with Crippen LogP contribution in [-0.4, -0.2) is 37.0 Å². The van der Waals surface area contributed by atoms with Crippen molar-refractivity contribution in [3.8, 4) is 6.07 Å². The largest absolute Gasteiger partial charge is 0.393 e. The van der Waals surface area contributed by atoms with Gasteiger partial charge in [-0.25, -0.2) is 8.42 Å². The van der Waals surface area contributed by atoms with Crippen LogP contribution in [-0.2, 0) is 10.0 Å².